The van der Waals surface area contributed by atoms with E-state index in [2.05, 4.69) is 14.9 Å². The quantitative estimate of drug-likeness (QED) is 0.685. The molecule has 3 aromatic rings. The smallest absolute Gasteiger partial charge is 0.271 e. The van der Waals surface area contributed by atoms with Crippen molar-refractivity contribution in [2.24, 2.45) is 0 Å². The number of anilines is 1. The monoisotopic (exact) mass is 391 g/mol. The highest BCUT2D eigenvalue weighted by atomic mass is 32.2. The number of hydrogen-bond acceptors (Lipinski definition) is 7. The molecule has 1 aliphatic carbocycles. The van der Waals surface area contributed by atoms with Crippen LogP contribution in [0.3, 0.4) is 0 Å². The summed E-state index contributed by atoms with van der Waals surface area (Å²) < 4.78 is 38.7. The lowest BCUT2D eigenvalue weighted by atomic mass is 9.85. The highest BCUT2D eigenvalue weighted by molar-refractivity contribution is 7.94. The van der Waals surface area contributed by atoms with Crippen LogP contribution in [-0.4, -0.2) is 25.7 Å². The summed E-state index contributed by atoms with van der Waals surface area (Å²) in [5.41, 5.74) is 0.464. The van der Waals surface area contributed by atoms with E-state index in [1.807, 2.05) is 0 Å². The Hall–Kier alpha value is -2.39. The summed E-state index contributed by atoms with van der Waals surface area (Å²) in [7, 11) is -2.13. The molecule has 0 atom stereocenters. The summed E-state index contributed by atoms with van der Waals surface area (Å²) in [6, 6.07) is 9.91. The summed E-state index contributed by atoms with van der Waals surface area (Å²) >= 11 is 1.10. The van der Waals surface area contributed by atoms with Gasteiger partial charge in [-0.3, -0.25) is 4.72 Å². The van der Waals surface area contributed by atoms with E-state index >= 15 is 0 Å². The second kappa shape index (κ2) is 6.73. The summed E-state index contributed by atoms with van der Waals surface area (Å²) in [4.78, 5) is 0.637. The molecular weight excluding hydrogens is 374 g/mol. The fraction of sp³-hybridized carbons (Fsp3) is 0.294. The van der Waals surface area contributed by atoms with E-state index in [1.54, 1.807) is 43.5 Å². The number of nitrogens with zero attached hydrogens (tertiary/aromatic N) is 2. The molecule has 26 heavy (non-hydrogen) atoms. The third-order valence-electron chi connectivity index (χ3n) is 4.29. The van der Waals surface area contributed by atoms with Gasteiger partial charge in [-0.05, 0) is 49.2 Å². The Morgan fingerprint density at radius 3 is 2.58 bits per heavy atom. The molecule has 1 fully saturated rings. The first-order valence-corrected chi connectivity index (χ1v) is 10.5. The van der Waals surface area contributed by atoms with Crippen molar-refractivity contribution in [1.29, 1.82) is 0 Å². The molecule has 1 N–H and O–H groups in total. The molecule has 1 aliphatic rings. The van der Waals surface area contributed by atoms with Crippen LogP contribution in [0.4, 0.5) is 5.69 Å². The molecule has 0 radical (unpaired) electrons. The zero-order valence-corrected chi connectivity index (χ0v) is 15.6. The van der Waals surface area contributed by atoms with Crippen LogP contribution in [0.15, 0.2) is 45.0 Å². The molecule has 4 rings (SSSR count). The number of sulfonamides is 1. The molecule has 7 nitrogen and oxygen atoms in total. The minimum absolute atomic E-state index is 0.187. The first kappa shape index (κ1) is 17.0. The van der Waals surface area contributed by atoms with Crippen LogP contribution in [0.2, 0.25) is 0 Å². The fourth-order valence-electron chi connectivity index (χ4n) is 2.60. The summed E-state index contributed by atoms with van der Waals surface area (Å²) in [5, 5.41) is 8.14. The minimum atomic E-state index is -3.69. The van der Waals surface area contributed by atoms with Gasteiger partial charge in [-0.25, -0.2) is 8.42 Å². The van der Waals surface area contributed by atoms with E-state index in [1.165, 1.54) is 6.42 Å². The van der Waals surface area contributed by atoms with Gasteiger partial charge < -0.3 is 9.15 Å². The van der Waals surface area contributed by atoms with Crippen LogP contribution in [0.25, 0.3) is 10.8 Å². The molecular formula is C17H17N3O4S2. The molecule has 1 aromatic carbocycles. The summed E-state index contributed by atoms with van der Waals surface area (Å²) in [6.07, 6.45) is 3.32. The van der Waals surface area contributed by atoms with Crippen molar-refractivity contribution in [1.82, 2.24) is 10.2 Å². The first-order chi connectivity index (χ1) is 12.5. The lowest BCUT2D eigenvalue weighted by Gasteiger charge is -2.20. The minimum Gasteiger partial charge on any atom is -0.497 e. The van der Waals surface area contributed by atoms with E-state index in [0.29, 0.717) is 34.0 Å². The molecule has 136 valence electrons. The molecule has 0 saturated heterocycles. The van der Waals surface area contributed by atoms with Gasteiger partial charge in [0.25, 0.3) is 15.9 Å². The van der Waals surface area contributed by atoms with Gasteiger partial charge in [-0.15, -0.1) is 21.5 Å². The molecule has 2 aromatic heterocycles. The third kappa shape index (κ3) is 3.32. The van der Waals surface area contributed by atoms with E-state index in [4.69, 9.17) is 9.15 Å². The van der Waals surface area contributed by atoms with Crippen molar-refractivity contribution < 1.29 is 17.6 Å². The van der Waals surface area contributed by atoms with Gasteiger partial charge in [0.1, 0.15) is 9.96 Å². The maximum atomic E-state index is 12.6. The van der Waals surface area contributed by atoms with Gasteiger partial charge in [0.2, 0.25) is 5.89 Å². The fourth-order valence-corrected chi connectivity index (χ4v) is 4.88. The number of benzene rings is 1. The Kier molecular flexibility index (Phi) is 4.41. The van der Waals surface area contributed by atoms with E-state index in [9.17, 15) is 8.42 Å². The highest BCUT2D eigenvalue weighted by Crippen LogP contribution is 2.38. The third-order valence-corrected chi connectivity index (χ3v) is 7.24. The SMILES string of the molecule is COc1ccc(NS(=O)(=O)c2ccc(-c3nnc(C4CCC4)o3)s2)cc1. The van der Waals surface area contributed by atoms with Crippen LogP contribution >= 0.6 is 11.3 Å². The van der Waals surface area contributed by atoms with Crippen LogP contribution in [0.1, 0.15) is 31.1 Å². The van der Waals surface area contributed by atoms with Crippen molar-refractivity contribution >= 4 is 27.0 Å². The molecule has 2 heterocycles. The Labute approximate surface area is 155 Å². The Balaban J connectivity index is 1.52. The average molecular weight is 391 g/mol. The van der Waals surface area contributed by atoms with Crippen LogP contribution in [-0.2, 0) is 10.0 Å². The average Bonchev–Trinajstić information content (AvgIpc) is 3.23. The van der Waals surface area contributed by atoms with Gasteiger partial charge in [0, 0.05) is 11.6 Å². The number of nitrogens with one attached hydrogen (secondary N) is 1. The Morgan fingerprint density at radius 2 is 1.92 bits per heavy atom. The van der Waals surface area contributed by atoms with E-state index in [0.717, 1.165) is 24.2 Å². The second-order valence-electron chi connectivity index (χ2n) is 6.03. The zero-order valence-electron chi connectivity index (χ0n) is 14.0. The number of rotatable bonds is 6. The topological polar surface area (TPSA) is 94.3 Å². The molecule has 0 bridgehead atoms. The van der Waals surface area contributed by atoms with Crippen LogP contribution in [0, 0.1) is 0 Å². The molecule has 9 heteroatoms. The van der Waals surface area contributed by atoms with Gasteiger partial charge in [0.05, 0.1) is 12.0 Å². The van der Waals surface area contributed by atoms with E-state index < -0.39 is 10.0 Å². The van der Waals surface area contributed by atoms with Crippen LogP contribution < -0.4 is 9.46 Å². The molecule has 0 unspecified atom stereocenters. The molecule has 1 saturated carbocycles. The maximum Gasteiger partial charge on any atom is 0.271 e. The standard InChI is InChI=1S/C17H17N3O4S2/c1-23-13-7-5-12(6-8-13)20-26(21,22)15-10-9-14(25-15)17-19-18-16(24-17)11-3-2-4-11/h5-11,20H,2-4H2,1H3. The van der Waals surface area contributed by atoms with Gasteiger partial charge in [-0.1, -0.05) is 6.42 Å². The van der Waals surface area contributed by atoms with Crippen molar-refractivity contribution in [2.75, 3.05) is 11.8 Å². The number of ether oxygens (including phenoxy) is 1. The number of thiophene rings is 1. The van der Waals surface area contributed by atoms with Crippen molar-refractivity contribution in [3.63, 3.8) is 0 Å². The van der Waals surface area contributed by atoms with Crippen LogP contribution in [0.5, 0.6) is 5.75 Å². The zero-order chi connectivity index (χ0) is 18.1. The van der Waals surface area contributed by atoms with Gasteiger partial charge >= 0.3 is 0 Å². The van der Waals surface area contributed by atoms with E-state index in [-0.39, 0.29) is 4.21 Å². The largest absolute Gasteiger partial charge is 0.497 e. The van der Waals surface area contributed by atoms with Crippen molar-refractivity contribution in [3.05, 3.63) is 42.3 Å². The molecule has 0 spiro atoms. The predicted octanol–water partition coefficient (Wildman–Crippen LogP) is 3.88. The van der Waals surface area contributed by atoms with Gasteiger partial charge in [0.15, 0.2) is 0 Å². The van der Waals surface area contributed by atoms with Crippen molar-refractivity contribution in [2.45, 2.75) is 29.4 Å². The van der Waals surface area contributed by atoms with Crippen molar-refractivity contribution in [3.8, 4) is 16.5 Å². The number of aromatic nitrogens is 2. The second-order valence-corrected chi connectivity index (χ2v) is 9.02. The summed E-state index contributed by atoms with van der Waals surface area (Å²) in [6.45, 7) is 0. The maximum absolute atomic E-state index is 12.6. The normalized spacial score (nSPS) is 14.8. The lowest BCUT2D eigenvalue weighted by Crippen LogP contribution is -2.11. The highest BCUT2D eigenvalue weighted by Gasteiger charge is 2.26. The predicted molar refractivity (Wildman–Crippen MR) is 98.0 cm³/mol. The summed E-state index contributed by atoms with van der Waals surface area (Å²) in [5.74, 6) is 2.00. The van der Waals surface area contributed by atoms with Gasteiger partial charge in [-0.2, -0.15) is 0 Å². The first-order valence-electron chi connectivity index (χ1n) is 8.15. The molecule has 0 aliphatic heterocycles. The molecule has 0 amide bonds. The lowest BCUT2D eigenvalue weighted by molar-refractivity contribution is 0.338. The number of hydrogen-bond donors (Lipinski definition) is 1. The Bertz CT molecular complexity index is 1000. The Morgan fingerprint density at radius 1 is 1.15 bits per heavy atom. The number of methoxy groups -OCH3 is 1.